The van der Waals surface area contributed by atoms with E-state index in [2.05, 4.69) is 10.6 Å². The van der Waals surface area contributed by atoms with Crippen LogP contribution < -0.4 is 10.6 Å². The van der Waals surface area contributed by atoms with Crippen LogP contribution in [0.1, 0.15) is 70.2 Å². The Balaban J connectivity index is 2.26. The van der Waals surface area contributed by atoms with Gasteiger partial charge in [-0.1, -0.05) is 19.3 Å². The zero-order valence-corrected chi connectivity index (χ0v) is 19.8. The van der Waals surface area contributed by atoms with Gasteiger partial charge < -0.3 is 20.5 Å². The van der Waals surface area contributed by atoms with Crippen molar-refractivity contribution in [3.8, 4) is 0 Å². The van der Waals surface area contributed by atoms with Crippen molar-refractivity contribution < 1.29 is 27.9 Å². The number of aliphatic hydroxyl groups excluding tert-OH is 1. The van der Waals surface area contributed by atoms with E-state index in [1.165, 1.54) is 25.1 Å². The van der Waals surface area contributed by atoms with Gasteiger partial charge in [-0.15, -0.1) is 0 Å². The lowest BCUT2D eigenvalue weighted by Gasteiger charge is -2.35. The normalized spacial score (nSPS) is 17.5. The predicted octanol–water partition coefficient (Wildman–Crippen LogP) is 4.02. The number of aliphatic hydroxyl groups is 1. The van der Waals surface area contributed by atoms with Crippen LogP contribution in [-0.2, 0) is 13.8 Å². The molecule has 31 heavy (non-hydrogen) atoms. The zero-order valence-electron chi connectivity index (χ0n) is 18.3. The average molecular weight is 475 g/mol. The second-order valence-corrected chi connectivity index (χ2v) is 11.4. The maximum atomic E-state index is 12.4. The van der Waals surface area contributed by atoms with Crippen molar-refractivity contribution in [3.63, 3.8) is 0 Å². The monoisotopic (exact) mass is 474 g/mol. The van der Waals surface area contributed by atoms with Gasteiger partial charge in [0, 0.05) is 21.9 Å². The molecule has 1 amide bonds. The summed E-state index contributed by atoms with van der Waals surface area (Å²) < 4.78 is 28.8. The first-order valence-corrected chi connectivity index (χ1v) is 12.6. The minimum Gasteiger partial charge on any atom is -0.444 e. The van der Waals surface area contributed by atoms with Crippen molar-refractivity contribution in [2.24, 2.45) is 5.92 Å². The molecule has 10 heteroatoms. The average Bonchev–Trinajstić information content (AvgIpc) is 2.64. The number of nitrogens with one attached hydrogen (secondary N) is 2. The number of alkyl carbamates (subject to hydrolysis) is 1. The standard InChI is InChI=1S/C21H31ClN2O6S/c1-13(25)16-12-15(10-11-17(16)31(22,28)29)23-19(26)18(14-8-6-5-7-9-14)24-20(27)30-21(2,3)4/h10-12,14,18-19,23,26H,5-9H2,1-4H3,(H,24,27)/t18-,19-/m0/s1. The number of anilines is 1. The predicted molar refractivity (Wildman–Crippen MR) is 119 cm³/mol. The summed E-state index contributed by atoms with van der Waals surface area (Å²) in [5.41, 5.74) is -0.436. The summed E-state index contributed by atoms with van der Waals surface area (Å²) >= 11 is 0. The van der Waals surface area contributed by atoms with Gasteiger partial charge in [0.05, 0.1) is 10.9 Å². The highest BCUT2D eigenvalue weighted by Gasteiger charge is 2.32. The number of carbonyl (C=O) groups excluding carboxylic acids is 2. The molecule has 0 radical (unpaired) electrons. The minimum absolute atomic E-state index is 0.0403. The molecule has 1 fully saturated rings. The van der Waals surface area contributed by atoms with Crippen molar-refractivity contribution in [2.45, 2.75) is 82.6 Å². The van der Waals surface area contributed by atoms with Crippen molar-refractivity contribution in [1.29, 1.82) is 0 Å². The summed E-state index contributed by atoms with van der Waals surface area (Å²) in [6, 6.07) is 3.32. The Hall–Kier alpha value is -1.84. The first kappa shape index (κ1) is 25.4. The van der Waals surface area contributed by atoms with Gasteiger partial charge in [0.2, 0.25) is 0 Å². The fraction of sp³-hybridized carbons (Fsp3) is 0.619. The number of ketones is 1. The van der Waals surface area contributed by atoms with Crippen molar-refractivity contribution >= 4 is 37.3 Å². The van der Waals surface area contributed by atoms with E-state index in [1.807, 2.05) is 0 Å². The molecule has 3 N–H and O–H groups in total. The third-order valence-corrected chi connectivity index (χ3v) is 6.50. The van der Waals surface area contributed by atoms with Crippen LogP contribution in [0.25, 0.3) is 0 Å². The molecule has 0 bridgehead atoms. The van der Waals surface area contributed by atoms with Crippen LogP contribution in [0, 0.1) is 5.92 Å². The van der Waals surface area contributed by atoms with Crippen molar-refractivity contribution in [2.75, 3.05) is 5.32 Å². The topological polar surface area (TPSA) is 122 Å². The summed E-state index contributed by atoms with van der Waals surface area (Å²) in [4.78, 5) is 24.0. The maximum absolute atomic E-state index is 12.4. The van der Waals surface area contributed by atoms with Crippen LogP contribution in [0.2, 0.25) is 0 Å². The smallest absolute Gasteiger partial charge is 0.408 e. The molecule has 1 aromatic carbocycles. The lowest BCUT2D eigenvalue weighted by molar-refractivity contribution is 0.0367. The Bertz CT molecular complexity index is 907. The Kier molecular flexibility index (Phi) is 8.35. The fourth-order valence-electron chi connectivity index (χ4n) is 3.76. The van der Waals surface area contributed by atoms with E-state index in [1.54, 1.807) is 20.8 Å². The number of rotatable bonds is 7. The third kappa shape index (κ3) is 7.66. The molecule has 0 spiro atoms. The molecule has 0 heterocycles. The molecule has 1 saturated carbocycles. The number of carbonyl (C=O) groups is 2. The van der Waals surface area contributed by atoms with Crippen molar-refractivity contribution in [3.05, 3.63) is 23.8 Å². The second kappa shape index (κ2) is 10.2. The molecule has 0 aliphatic heterocycles. The fourth-order valence-corrected chi connectivity index (χ4v) is 4.86. The lowest BCUT2D eigenvalue weighted by atomic mass is 9.83. The largest absolute Gasteiger partial charge is 0.444 e. The highest BCUT2D eigenvalue weighted by Crippen LogP contribution is 2.30. The molecule has 0 saturated heterocycles. The van der Waals surface area contributed by atoms with Gasteiger partial charge in [-0.05, 0) is 64.7 Å². The molecule has 0 aromatic heterocycles. The Labute approximate surface area is 188 Å². The van der Waals surface area contributed by atoms with E-state index >= 15 is 0 Å². The highest BCUT2D eigenvalue weighted by molar-refractivity contribution is 8.13. The number of hydrogen-bond acceptors (Lipinski definition) is 7. The molecule has 2 atom stereocenters. The van der Waals surface area contributed by atoms with E-state index in [9.17, 15) is 23.1 Å². The van der Waals surface area contributed by atoms with Crippen LogP contribution in [0.15, 0.2) is 23.1 Å². The van der Waals surface area contributed by atoms with Crippen LogP contribution in [0.5, 0.6) is 0 Å². The van der Waals surface area contributed by atoms with Crippen LogP contribution in [-0.4, -0.2) is 43.3 Å². The summed E-state index contributed by atoms with van der Waals surface area (Å²) in [6.07, 6.45) is 2.99. The molecule has 1 aliphatic rings. The van der Waals surface area contributed by atoms with Gasteiger partial charge in [0.1, 0.15) is 11.8 Å². The lowest BCUT2D eigenvalue weighted by Crippen LogP contribution is -2.52. The summed E-state index contributed by atoms with van der Waals surface area (Å²) in [6.45, 7) is 6.50. The van der Waals surface area contributed by atoms with Gasteiger partial charge >= 0.3 is 6.09 Å². The number of benzene rings is 1. The van der Waals surface area contributed by atoms with E-state index in [-0.39, 0.29) is 16.4 Å². The SMILES string of the molecule is CC(=O)c1cc(N[C@@H](O)[C@@H](NC(=O)OC(C)(C)C)C2CCCCC2)ccc1S(=O)(=O)Cl. The van der Waals surface area contributed by atoms with Crippen LogP contribution >= 0.6 is 10.7 Å². The van der Waals surface area contributed by atoms with Gasteiger partial charge in [0.25, 0.3) is 9.05 Å². The molecule has 1 aromatic rings. The molecule has 1 aliphatic carbocycles. The summed E-state index contributed by atoms with van der Waals surface area (Å²) in [5, 5.41) is 16.6. The maximum Gasteiger partial charge on any atom is 0.408 e. The van der Waals surface area contributed by atoms with Gasteiger partial charge in [-0.2, -0.15) is 0 Å². The molecule has 8 nitrogen and oxygen atoms in total. The number of amides is 1. The Morgan fingerprint density at radius 1 is 1.19 bits per heavy atom. The number of Topliss-reactive ketones (excluding diaryl/α,β-unsaturated/α-hetero) is 1. The van der Waals surface area contributed by atoms with E-state index in [0.717, 1.165) is 32.1 Å². The minimum atomic E-state index is -4.10. The first-order chi connectivity index (χ1) is 14.3. The quantitative estimate of drug-likeness (QED) is 0.310. The van der Waals surface area contributed by atoms with Crippen LogP contribution in [0.3, 0.4) is 0 Å². The molecule has 2 rings (SSSR count). The number of ether oxygens (including phenoxy) is 1. The van der Waals surface area contributed by atoms with Crippen LogP contribution in [0.4, 0.5) is 10.5 Å². The van der Waals surface area contributed by atoms with E-state index in [0.29, 0.717) is 5.69 Å². The molecule has 174 valence electrons. The number of halogens is 1. The summed E-state index contributed by atoms with van der Waals surface area (Å²) in [5.74, 6) is -0.438. The second-order valence-electron chi connectivity index (χ2n) is 8.86. The molecular weight excluding hydrogens is 444 g/mol. The van der Waals surface area contributed by atoms with Crippen molar-refractivity contribution in [1.82, 2.24) is 5.32 Å². The summed E-state index contributed by atoms with van der Waals surface area (Å²) in [7, 11) is 1.31. The zero-order chi connectivity index (χ0) is 23.4. The first-order valence-electron chi connectivity index (χ1n) is 10.3. The van der Waals surface area contributed by atoms with E-state index in [4.69, 9.17) is 15.4 Å². The third-order valence-electron chi connectivity index (χ3n) is 5.12. The van der Waals surface area contributed by atoms with Gasteiger partial charge in [-0.3, -0.25) is 4.79 Å². The van der Waals surface area contributed by atoms with Gasteiger partial charge in [0.15, 0.2) is 5.78 Å². The van der Waals surface area contributed by atoms with E-state index < -0.39 is 38.8 Å². The molecular formula is C21H31ClN2O6S. The number of hydrogen-bond donors (Lipinski definition) is 3. The highest BCUT2D eigenvalue weighted by atomic mass is 35.7. The molecule has 0 unspecified atom stereocenters. The Morgan fingerprint density at radius 2 is 1.81 bits per heavy atom. The van der Waals surface area contributed by atoms with Gasteiger partial charge in [-0.25, -0.2) is 13.2 Å². The Morgan fingerprint density at radius 3 is 2.32 bits per heavy atom.